The lowest BCUT2D eigenvalue weighted by molar-refractivity contribution is 0.370. The van der Waals surface area contributed by atoms with Crippen molar-refractivity contribution in [3.8, 4) is 5.75 Å². The Hall–Kier alpha value is -1.67. The van der Waals surface area contributed by atoms with E-state index in [-0.39, 0.29) is 0 Å². The summed E-state index contributed by atoms with van der Waals surface area (Å²) in [5.41, 5.74) is 3.60. The fourth-order valence-electron chi connectivity index (χ4n) is 2.82. The monoisotopic (exact) mass is 301 g/mol. The van der Waals surface area contributed by atoms with E-state index in [4.69, 9.17) is 16.3 Å². The quantitative estimate of drug-likeness (QED) is 0.856. The van der Waals surface area contributed by atoms with Gasteiger partial charge in [-0.3, -0.25) is 0 Å². The van der Waals surface area contributed by atoms with Crippen LogP contribution in [0, 0.1) is 6.92 Å². The number of benzene rings is 2. The van der Waals surface area contributed by atoms with Gasteiger partial charge in [0.15, 0.2) is 0 Å². The van der Waals surface area contributed by atoms with Gasteiger partial charge in [0.05, 0.1) is 7.11 Å². The van der Waals surface area contributed by atoms with Crippen LogP contribution < -0.4 is 10.1 Å². The summed E-state index contributed by atoms with van der Waals surface area (Å²) >= 11 is 6.16. The van der Waals surface area contributed by atoms with Gasteiger partial charge in [0.1, 0.15) is 5.75 Å². The summed E-state index contributed by atoms with van der Waals surface area (Å²) in [4.78, 5) is 0. The van der Waals surface area contributed by atoms with Crippen LogP contribution in [-0.4, -0.2) is 13.2 Å². The maximum atomic E-state index is 6.16. The van der Waals surface area contributed by atoms with E-state index in [1.165, 1.54) is 5.56 Å². The van der Waals surface area contributed by atoms with Crippen LogP contribution in [0.15, 0.2) is 42.5 Å². The van der Waals surface area contributed by atoms with Gasteiger partial charge in [-0.2, -0.15) is 0 Å². The molecule has 0 unspecified atom stereocenters. The Morgan fingerprint density at radius 3 is 2.67 bits per heavy atom. The molecule has 0 heterocycles. The van der Waals surface area contributed by atoms with Gasteiger partial charge in [-0.05, 0) is 61.1 Å². The molecule has 0 radical (unpaired) electrons. The molecular formula is C18H20ClNO. The number of anilines is 1. The van der Waals surface area contributed by atoms with E-state index in [1.807, 2.05) is 19.1 Å². The summed E-state index contributed by atoms with van der Waals surface area (Å²) in [5, 5.41) is 4.38. The van der Waals surface area contributed by atoms with Gasteiger partial charge >= 0.3 is 0 Å². The third-order valence-corrected chi connectivity index (χ3v) is 4.65. The summed E-state index contributed by atoms with van der Waals surface area (Å²) < 4.78 is 5.29. The highest BCUT2D eigenvalue weighted by Crippen LogP contribution is 2.39. The smallest absolute Gasteiger partial charge is 0.119 e. The van der Waals surface area contributed by atoms with Crippen LogP contribution in [-0.2, 0) is 0 Å². The third kappa shape index (κ3) is 3.16. The highest BCUT2D eigenvalue weighted by Gasteiger charge is 2.30. The number of nitrogens with one attached hydrogen (secondary N) is 1. The highest BCUT2D eigenvalue weighted by atomic mass is 35.5. The minimum atomic E-state index is 0.528. The molecule has 0 aromatic heterocycles. The van der Waals surface area contributed by atoms with E-state index >= 15 is 0 Å². The van der Waals surface area contributed by atoms with E-state index in [0.717, 1.165) is 34.9 Å². The molecule has 0 atom stereocenters. The van der Waals surface area contributed by atoms with Crippen LogP contribution in [0.1, 0.15) is 29.9 Å². The molecule has 2 nitrogen and oxygen atoms in total. The molecule has 0 saturated heterocycles. The first-order chi connectivity index (χ1) is 10.2. The van der Waals surface area contributed by atoms with Gasteiger partial charge in [0.2, 0.25) is 0 Å². The lowest BCUT2D eigenvalue weighted by atomic mass is 9.75. The van der Waals surface area contributed by atoms with Crippen LogP contribution in [0.3, 0.4) is 0 Å². The number of hydrogen-bond acceptors (Lipinski definition) is 2. The lowest BCUT2D eigenvalue weighted by Crippen LogP contribution is -2.33. The van der Waals surface area contributed by atoms with E-state index in [1.54, 1.807) is 7.11 Å². The SMILES string of the molecule is COc1cccc(C2CC(Nc3ccc(C)c(Cl)c3)C2)c1. The molecule has 0 bridgehead atoms. The van der Waals surface area contributed by atoms with Crippen LogP contribution >= 0.6 is 11.6 Å². The molecular weight excluding hydrogens is 282 g/mol. The molecule has 0 amide bonds. The summed E-state index contributed by atoms with van der Waals surface area (Å²) in [7, 11) is 1.71. The average molecular weight is 302 g/mol. The van der Waals surface area contributed by atoms with Crippen molar-refractivity contribution >= 4 is 17.3 Å². The predicted octanol–water partition coefficient (Wildman–Crippen LogP) is 5.02. The van der Waals surface area contributed by atoms with E-state index in [9.17, 15) is 0 Å². The summed E-state index contributed by atoms with van der Waals surface area (Å²) in [6.45, 7) is 2.02. The summed E-state index contributed by atoms with van der Waals surface area (Å²) in [5.74, 6) is 1.56. The molecule has 2 aromatic rings. The van der Waals surface area contributed by atoms with Crippen molar-refractivity contribution in [2.45, 2.75) is 31.7 Å². The zero-order valence-corrected chi connectivity index (χ0v) is 13.2. The maximum Gasteiger partial charge on any atom is 0.119 e. The molecule has 3 rings (SSSR count). The molecule has 0 spiro atoms. The number of hydrogen-bond donors (Lipinski definition) is 1. The summed E-state index contributed by atoms with van der Waals surface area (Å²) in [6, 6.07) is 15.1. The topological polar surface area (TPSA) is 21.3 Å². The number of ether oxygens (including phenoxy) is 1. The second-order valence-corrected chi connectivity index (χ2v) is 6.16. The van der Waals surface area contributed by atoms with Crippen LogP contribution in [0.4, 0.5) is 5.69 Å². The fraction of sp³-hybridized carbons (Fsp3) is 0.333. The highest BCUT2D eigenvalue weighted by molar-refractivity contribution is 6.31. The number of methoxy groups -OCH3 is 1. The van der Waals surface area contributed by atoms with Crippen LogP contribution in [0.5, 0.6) is 5.75 Å². The molecule has 1 aliphatic rings. The Morgan fingerprint density at radius 2 is 1.95 bits per heavy atom. The van der Waals surface area contributed by atoms with Gasteiger partial charge in [0, 0.05) is 16.8 Å². The standard InChI is InChI=1S/C18H20ClNO/c1-12-6-7-15(11-18(12)19)20-16-8-14(9-16)13-4-3-5-17(10-13)21-2/h3-7,10-11,14,16,20H,8-9H2,1-2H3. The molecule has 1 saturated carbocycles. The number of halogens is 1. The molecule has 2 aromatic carbocycles. The average Bonchev–Trinajstić information content (AvgIpc) is 2.46. The van der Waals surface area contributed by atoms with Gasteiger partial charge in [-0.1, -0.05) is 29.8 Å². The Balaban J connectivity index is 1.59. The third-order valence-electron chi connectivity index (χ3n) is 4.25. The first-order valence-corrected chi connectivity index (χ1v) is 7.70. The summed E-state index contributed by atoms with van der Waals surface area (Å²) in [6.07, 6.45) is 2.30. The molecule has 3 heteroatoms. The lowest BCUT2D eigenvalue weighted by Gasteiger charge is -2.37. The largest absolute Gasteiger partial charge is 0.497 e. The van der Waals surface area contributed by atoms with Crippen molar-refractivity contribution in [2.24, 2.45) is 0 Å². The Kier molecular flexibility index (Phi) is 4.07. The van der Waals surface area contributed by atoms with E-state index in [2.05, 4.69) is 35.6 Å². The van der Waals surface area contributed by atoms with Crippen LogP contribution in [0.2, 0.25) is 5.02 Å². The Morgan fingerprint density at radius 1 is 1.14 bits per heavy atom. The number of rotatable bonds is 4. The van der Waals surface area contributed by atoms with Crippen molar-refractivity contribution in [1.29, 1.82) is 0 Å². The van der Waals surface area contributed by atoms with Gasteiger partial charge in [-0.25, -0.2) is 0 Å². The van der Waals surface area contributed by atoms with Crippen molar-refractivity contribution < 1.29 is 4.74 Å². The van der Waals surface area contributed by atoms with Gasteiger partial charge < -0.3 is 10.1 Å². The molecule has 0 aliphatic heterocycles. The molecule has 1 fully saturated rings. The molecule has 1 N–H and O–H groups in total. The van der Waals surface area contributed by atoms with Gasteiger partial charge in [-0.15, -0.1) is 0 Å². The molecule has 1 aliphatic carbocycles. The van der Waals surface area contributed by atoms with Gasteiger partial charge in [0.25, 0.3) is 0 Å². The van der Waals surface area contributed by atoms with Crippen molar-refractivity contribution in [2.75, 3.05) is 12.4 Å². The predicted molar refractivity (Wildman–Crippen MR) is 88.6 cm³/mol. The molecule has 21 heavy (non-hydrogen) atoms. The van der Waals surface area contributed by atoms with Crippen LogP contribution in [0.25, 0.3) is 0 Å². The number of aryl methyl sites for hydroxylation is 1. The zero-order valence-electron chi connectivity index (χ0n) is 12.4. The minimum absolute atomic E-state index is 0.528. The van der Waals surface area contributed by atoms with E-state index < -0.39 is 0 Å². The maximum absolute atomic E-state index is 6.16. The molecule has 110 valence electrons. The second kappa shape index (κ2) is 5.98. The first-order valence-electron chi connectivity index (χ1n) is 7.32. The van der Waals surface area contributed by atoms with Crippen molar-refractivity contribution in [3.05, 3.63) is 58.6 Å². The van der Waals surface area contributed by atoms with Crippen molar-refractivity contribution in [3.63, 3.8) is 0 Å². The second-order valence-electron chi connectivity index (χ2n) is 5.75. The first kappa shape index (κ1) is 14.3. The minimum Gasteiger partial charge on any atom is -0.497 e. The Labute approximate surface area is 131 Å². The fourth-order valence-corrected chi connectivity index (χ4v) is 3.00. The van der Waals surface area contributed by atoms with Crippen molar-refractivity contribution in [1.82, 2.24) is 0 Å². The normalized spacial score (nSPS) is 20.7. The zero-order chi connectivity index (χ0) is 14.8. The van der Waals surface area contributed by atoms with E-state index in [0.29, 0.717) is 12.0 Å². The Bertz CT molecular complexity index is 635.